The Morgan fingerprint density at radius 3 is 2.53 bits per heavy atom. The van der Waals surface area contributed by atoms with E-state index in [4.69, 9.17) is 4.74 Å². The molecule has 2 N–H and O–H groups in total. The highest BCUT2D eigenvalue weighted by molar-refractivity contribution is 5.75. The van der Waals surface area contributed by atoms with Gasteiger partial charge in [0.15, 0.2) is 0 Å². The first kappa shape index (κ1) is 25.2. The minimum atomic E-state index is -0.642. The summed E-state index contributed by atoms with van der Waals surface area (Å²) in [5.41, 5.74) is 2.98. The van der Waals surface area contributed by atoms with Crippen LogP contribution in [0.3, 0.4) is 0 Å². The van der Waals surface area contributed by atoms with Gasteiger partial charge < -0.3 is 14.9 Å². The number of ether oxygens (including phenoxy) is 1. The third kappa shape index (κ3) is 5.07. The van der Waals surface area contributed by atoms with Gasteiger partial charge in [-0.25, -0.2) is 0 Å². The number of rotatable bonds is 6. The van der Waals surface area contributed by atoms with Crippen molar-refractivity contribution in [1.29, 1.82) is 0 Å². The molecule has 0 aromatic carbocycles. The van der Waals surface area contributed by atoms with E-state index in [0.29, 0.717) is 42.8 Å². The molecule has 0 aromatic rings. The van der Waals surface area contributed by atoms with Gasteiger partial charge in [0.05, 0.1) is 24.2 Å². The third-order valence-electron chi connectivity index (χ3n) is 8.94. The molecule has 0 spiro atoms. The number of fused-ring (bicyclic) bond motifs is 1. The lowest BCUT2D eigenvalue weighted by Gasteiger charge is -2.44. The second-order valence-electron chi connectivity index (χ2n) is 11.5. The molecule has 3 fully saturated rings. The molecule has 0 aromatic heterocycles. The Kier molecular flexibility index (Phi) is 7.77. The van der Waals surface area contributed by atoms with Gasteiger partial charge in [0.2, 0.25) is 0 Å². The Hall–Kier alpha value is -1.39. The summed E-state index contributed by atoms with van der Waals surface area (Å²) >= 11 is 0. The topological polar surface area (TPSA) is 66.8 Å². The minimum absolute atomic E-state index is 0.0815. The normalized spacial score (nSPS) is 35.5. The molecule has 3 saturated carbocycles. The van der Waals surface area contributed by atoms with E-state index in [9.17, 15) is 15.0 Å². The second kappa shape index (κ2) is 9.85. The van der Waals surface area contributed by atoms with Crippen molar-refractivity contribution in [2.45, 2.75) is 98.2 Å². The number of carbonyl (C=O) groups excluding carboxylic acids is 1. The number of carbonyl (C=O) groups is 1. The van der Waals surface area contributed by atoms with E-state index in [-0.39, 0.29) is 11.4 Å². The molecule has 0 radical (unpaired) electrons. The van der Waals surface area contributed by atoms with E-state index in [1.807, 2.05) is 20.8 Å². The van der Waals surface area contributed by atoms with E-state index >= 15 is 0 Å². The molecular weight excluding hydrogens is 400 g/mol. The van der Waals surface area contributed by atoms with Crippen LogP contribution in [0.25, 0.3) is 0 Å². The maximum Gasteiger partial charge on any atom is 0.311 e. The third-order valence-corrected chi connectivity index (χ3v) is 8.94. The average molecular weight is 445 g/mol. The van der Waals surface area contributed by atoms with Crippen LogP contribution in [0.2, 0.25) is 0 Å². The van der Waals surface area contributed by atoms with Gasteiger partial charge in [-0.05, 0) is 94.0 Å². The standard InChI is InChI=1S/C28H44O4/c1-7-27(4,5)26(31)32-17-18(2)22-12-13-23-21(9-8-14-28(22,23)6)11-10-20-15-24(29)19(3)25(30)16-20/h10-11,18,22-25,29-30H,3,7-9,12-17H2,1-2,4-6H3/b21-11+/t18-,22-,23+,24-,25-,28-/m1/s1. The first-order valence-electron chi connectivity index (χ1n) is 12.6. The van der Waals surface area contributed by atoms with Gasteiger partial charge >= 0.3 is 5.97 Å². The number of aliphatic hydroxyl groups excluding tert-OH is 2. The van der Waals surface area contributed by atoms with E-state index in [2.05, 4.69) is 32.6 Å². The molecule has 3 rings (SSSR count). The van der Waals surface area contributed by atoms with Crippen molar-refractivity contribution in [2.24, 2.45) is 28.6 Å². The van der Waals surface area contributed by atoms with Gasteiger partial charge in [-0.15, -0.1) is 0 Å². The van der Waals surface area contributed by atoms with Crippen LogP contribution in [0.5, 0.6) is 0 Å². The number of esters is 1. The van der Waals surface area contributed by atoms with Crippen LogP contribution in [-0.4, -0.2) is 35.0 Å². The Balaban J connectivity index is 1.68. The van der Waals surface area contributed by atoms with Crippen molar-refractivity contribution < 1.29 is 19.7 Å². The largest absolute Gasteiger partial charge is 0.465 e. The maximum atomic E-state index is 12.5. The Morgan fingerprint density at radius 2 is 1.91 bits per heavy atom. The monoisotopic (exact) mass is 444 g/mol. The molecule has 6 atom stereocenters. The number of allylic oxidation sites excluding steroid dienone is 3. The molecule has 0 aliphatic heterocycles. The van der Waals surface area contributed by atoms with Gasteiger partial charge in [0.25, 0.3) is 0 Å². The molecule has 180 valence electrons. The highest BCUT2D eigenvalue weighted by atomic mass is 16.5. The average Bonchev–Trinajstić information content (AvgIpc) is 3.11. The minimum Gasteiger partial charge on any atom is -0.465 e. The summed E-state index contributed by atoms with van der Waals surface area (Å²) in [6, 6.07) is 0. The Labute approximate surface area is 194 Å². The van der Waals surface area contributed by atoms with Crippen molar-refractivity contribution in [3.63, 3.8) is 0 Å². The van der Waals surface area contributed by atoms with Crippen molar-refractivity contribution in [3.8, 4) is 0 Å². The second-order valence-corrected chi connectivity index (χ2v) is 11.5. The summed E-state index contributed by atoms with van der Waals surface area (Å²) in [7, 11) is 0. The van der Waals surface area contributed by atoms with Crippen LogP contribution in [-0.2, 0) is 9.53 Å². The van der Waals surface area contributed by atoms with Gasteiger partial charge in [0.1, 0.15) is 0 Å². The summed E-state index contributed by atoms with van der Waals surface area (Å²) in [4.78, 5) is 12.5. The zero-order valence-electron chi connectivity index (χ0n) is 20.8. The molecule has 0 bridgehead atoms. The zero-order chi connectivity index (χ0) is 23.7. The molecular formula is C28H44O4. The van der Waals surface area contributed by atoms with Crippen molar-refractivity contribution in [3.05, 3.63) is 35.5 Å². The molecule has 4 nitrogen and oxygen atoms in total. The molecule has 3 aliphatic rings. The maximum absolute atomic E-state index is 12.5. The highest BCUT2D eigenvalue weighted by Gasteiger charge is 2.50. The fraction of sp³-hybridized carbons (Fsp3) is 0.750. The van der Waals surface area contributed by atoms with Gasteiger partial charge in [-0.1, -0.05) is 50.6 Å². The van der Waals surface area contributed by atoms with E-state index < -0.39 is 17.6 Å². The van der Waals surface area contributed by atoms with E-state index in [1.165, 1.54) is 31.3 Å². The van der Waals surface area contributed by atoms with Crippen LogP contribution in [0.15, 0.2) is 35.5 Å². The quantitative estimate of drug-likeness (QED) is 0.405. The Bertz CT molecular complexity index is 760. The SMILES string of the molecule is C=C1[C@H](O)CC(=C/C=C2\CCC[C@]3(C)[C@@H]([C@H](C)COC(=O)C(C)(C)CC)CC[C@@H]23)C[C@H]1O. The van der Waals surface area contributed by atoms with E-state index in [1.54, 1.807) is 0 Å². The summed E-state index contributed by atoms with van der Waals surface area (Å²) < 4.78 is 5.76. The number of hydrogen-bond acceptors (Lipinski definition) is 4. The summed E-state index contributed by atoms with van der Waals surface area (Å²) in [5.74, 6) is 1.40. The summed E-state index contributed by atoms with van der Waals surface area (Å²) in [5, 5.41) is 20.3. The highest BCUT2D eigenvalue weighted by Crippen LogP contribution is 2.59. The smallest absolute Gasteiger partial charge is 0.311 e. The molecule has 4 heteroatoms. The van der Waals surface area contributed by atoms with E-state index in [0.717, 1.165) is 18.4 Å². The molecule has 0 heterocycles. The van der Waals surface area contributed by atoms with Crippen LogP contribution in [0.4, 0.5) is 0 Å². The number of aliphatic hydroxyl groups is 2. The first-order valence-corrected chi connectivity index (χ1v) is 12.6. The van der Waals surface area contributed by atoms with Crippen LogP contribution in [0, 0.1) is 28.6 Å². The lowest BCUT2D eigenvalue weighted by Crippen LogP contribution is -2.38. The fourth-order valence-electron chi connectivity index (χ4n) is 6.30. The van der Waals surface area contributed by atoms with Gasteiger partial charge in [-0.2, -0.15) is 0 Å². The summed E-state index contributed by atoms with van der Waals surface area (Å²) in [6.07, 6.45) is 11.0. The number of hydrogen-bond donors (Lipinski definition) is 2. The molecule has 3 aliphatic carbocycles. The van der Waals surface area contributed by atoms with Crippen LogP contribution < -0.4 is 0 Å². The molecule has 0 amide bonds. The van der Waals surface area contributed by atoms with Crippen molar-refractivity contribution in [1.82, 2.24) is 0 Å². The lowest BCUT2D eigenvalue weighted by atomic mass is 9.61. The zero-order valence-corrected chi connectivity index (χ0v) is 20.8. The lowest BCUT2D eigenvalue weighted by molar-refractivity contribution is -0.156. The molecule has 0 saturated heterocycles. The van der Waals surface area contributed by atoms with Crippen molar-refractivity contribution in [2.75, 3.05) is 6.61 Å². The van der Waals surface area contributed by atoms with Gasteiger partial charge in [-0.3, -0.25) is 4.79 Å². The van der Waals surface area contributed by atoms with Gasteiger partial charge in [0, 0.05) is 0 Å². The first-order chi connectivity index (χ1) is 15.0. The predicted molar refractivity (Wildman–Crippen MR) is 129 cm³/mol. The summed E-state index contributed by atoms with van der Waals surface area (Å²) in [6.45, 7) is 15.0. The fourth-order valence-corrected chi connectivity index (χ4v) is 6.30. The van der Waals surface area contributed by atoms with Crippen molar-refractivity contribution >= 4 is 5.97 Å². The van der Waals surface area contributed by atoms with Crippen LogP contribution in [0.1, 0.15) is 86.0 Å². The molecule has 0 unspecified atom stereocenters. The van der Waals surface area contributed by atoms with Crippen LogP contribution >= 0.6 is 0 Å². The Morgan fingerprint density at radius 1 is 1.25 bits per heavy atom. The molecule has 32 heavy (non-hydrogen) atoms. The predicted octanol–water partition coefficient (Wildman–Crippen LogP) is 5.74.